The number of fused-ring (bicyclic) bond motifs is 1. The normalized spacial score (nSPS) is 16.1. The highest BCUT2D eigenvalue weighted by molar-refractivity contribution is 7.07. The Morgan fingerprint density at radius 2 is 1.86 bits per heavy atom. The predicted molar refractivity (Wildman–Crippen MR) is 130 cm³/mol. The van der Waals surface area contributed by atoms with Crippen LogP contribution in [-0.4, -0.2) is 28.4 Å². The number of benzene rings is 2. The van der Waals surface area contributed by atoms with Gasteiger partial charge in [-0.25, -0.2) is 9.79 Å². The van der Waals surface area contributed by atoms with E-state index in [1.807, 2.05) is 0 Å². The zero-order valence-corrected chi connectivity index (χ0v) is 21.2. The molecule has 13 heteroatoms. The van der Waals surface area contributed by atoms with Gasteiger partial charge in [-0.3, -0.25) is 9.36 Å². The first-order chi connectivity index (χ1) is 16.9. The Kier molecular flexibility index (Phi) is 7.25. The number of carbonyl (C=O) groups excluding carboxylic acids is 1. The summed E-state index contributed by atoms with van der Waals surface area (Å²) in [5, 5.41) is 10.7. The number of hydrogen-bond donors (Lipinski definition) is 1. The highest BCUT2D eigenvalue weighted by Gasteiger charge is 2.45. The Bertz CT molecular complexity index is 1580. The molecule has 1 atom stereocenters. The fraction of sp³-hybridized carbons (Fsp3) is 0.174. The SMILES string of the molecule is CCOC(=O)C1=C(C(F)(F)F)N=c2s/c(=C\c3cc(Cl)cc(Cl)c3O)c(=O)n2[C@H]1c1ccc(Cl)cc1. The average molecular weight is 578 g/mol. The van der Waals surface area contributed by atoms with Gasteiger partial charge in [0.2, 0.25) is 0 Å². The van der Waals surface area contributed by atoms with Gasteiger partial charge in [-0.15, -0.1) is 0 Å². The van der Waals surface area contributed by atoms with Crippen molar-refractivity contribution < 1.29 is 27.8 Å². The van der Waals surface area contributed by atoms with Crippen molar-refractivity contribution in [3.8, 4) is 5.75 Å². The zero-order valence-electron chi connectivity index (χ0n) is 18.1. The van der Waals surface area contributed by atoms with Crippen molar-refractivity contribution in [1.82, 2.24) is 4.57 Å². The Hall–Kier alpha value is -2.79. The number of ether oxygens (including phenoxy) is 1. The second kappa shape index (κ2) is 9.93. The summed E-state index contributed by atoms with van der Waals surface area (Å²) in [5.74, 6) is -1.63. The van der Waals surface area contributed by atoms with Gasteiger partial charge in [0.1, 0.15) is 5.75 Å². The van der Waals surface area contributed by atoms with E-state index in [0.29, 0.717) is 16.4 Å². The molecule has 0 amide bonds. The van der Waals surface area contributed by atoms with Crippen molar-refractivity contribution in [3.63, 3.8) is 0 Å². The maximum Gasteiger partial charge on any atom is 0.434 e. The molecule has 0 unspecified atom stereocenters. The van der Waals surface area contributed by atoms with Gasteiger partial charge in [0.05, 0.1) is 27.8 Å². The number of hydrogen-bond acceptors (Lipinski definition) is 6. The Morgan fingerprint density at radius 1 is 1.19 bits per heavy atom. The minimum Gasteiger partial charge on any atom is -0.506 e. The van der Waals surface area contributed by atoms with Gasteiger partial charge in [0.25, 0.3) is 5.56 Å². The molecule has 4 rings (SSSR count). The number of thiazole rings is 1. The number of phenolic OH excluding ortho intramolecular Hbond substituents is 1. The molecule has 6 nitrogen and oxygen atoms in total. The van der Waals surface area contributed by atoms with E-state index in [0.717, 1.165) is 4.57 Å². The van der Waals surface area contributed by atoms with E-state index in [1.54, 1.807) is 0 Å². The van der Waals surface area contributed by atoms with Gasteiger partial charge < -0.3 is 9.84 Å². The van der Waals surface area contributed by atoms with Crippen molar-refractivity contribution in [2.75, 3.05) is 6.61 Å². The van der Waals surface area contributed by atoms with Crippen LogP contribution >= 0.6 is 46.1 Å². The predicted octanol–water partition coefficient (Wildman–Crippen LogP) is 5.01. The maximum absolute atomic E-state index is 14.1. The van der Waals surface area contributed by atoms with E-state index in [1.165, 1.54) is 49.4 Å². The molecular formula is C23H14Cl3F3N2O4S. The molecule has 1 aliphatic rings. The van der Waals surface area contributed by atoms with Crippen LogP contribution in [0.25, 0.3) is 6.08 Å². The summed E-state index contributed by atoms with van der Waals surface area (Å²) in [6.45, 7) is 1.25. The van der Waals surface area contributed by atoms with Crippen LogP contribution in [0.15, 0.2) is 57.5 Å². The molecule has 0 spiro atoms. The number of carbonyl (C=O) groups is 1. The fourth-order valence-electron chi connectivity index (χ4n) is 3.64. The van der Waals surface area contributed by atoms with Crippen molar-refractivity contribution >= 4 is 58.2 Å². The molecule has 2 heterocycles. The molecule has 1 aliphatic heterocycles. The van der Waals surface area contributed by atoms with Crippen molar-refractivity contribution in [3.05, 3.63) is 93.6 Å². The molecule has 0 aliphatic carbocycles. The summed E-state index contributed by atoms with van der Waals surface area (Å²) in [6, 6.07) is 6.79. The molecule has 188 valence electrons. The van der Waals surface area contributed by atoms with Crippen LogP contribution in [0.5, 0.6) is 5.75 Å². The Labute approximate surface area is 220 Å². The molecule has 0 bridgehead atoms. The second-order valence-electron chi connectivity index (χ2n) is 7.44. The van der Waals surface area contributed by atoms with Crippen LogP contribution in [0, 0.1) is 0 Å². The van der Waals surface area contributed by atoms with Gasteiger partial charge in [-0.1, -0.05) is 58.3 Å². The number of alkyl halides is 3. The molecule has 0 radical (unpaired) electrons. The summed E-state index contributed by atoms with van der Waals surface area (Å²) in [4.78, 5) is 29.6. The number of phenols is 1. The van der Waals surface area contributed by atoms with Gasteiger partial charge in [-0.05, 0) is 42.8 Å². The Morgan fingerprint density at radius 3 is 2.47 bits per heavy atom. The number of halogens is 6. The lowest BCUT2D eigenvalue weighted by atomic mass is 9.95. The number of esters is 1. The fourth-order valence-corrected chi connectivity index (χ4v) is 5.27. The first-order valence-electron chi connectivity index (χ1n) is 10.2. The molecule has 0 saturated heterocycles. The lowest BCUT2D eigenvalue weighted by Crippen LogP contribution is -2.41. The molecule has 1 N–H and O–H groups in total. The van der Waals surface area contributed by atoms with E-state index in [9.17, 15) is 27.9 Å². The number of allylic oxidation sites excluding steroid dienone is 1. The van der Waals surface area contributed by atoms with E-state index in [2.05, 4.69) is 4.99 Å². The van der Waals surface area contributed by atoms with Crippen LogP contribution in [0.2, 0.25) is 15.1 Å². The summed E-state index contributed by atoms with van der Waals surface area (Å²) < 4.78 is 48.1. The van der Waals surface area contributed by atoms with Crippen molar-refractivity contribution in [1.29, 1.82) is 0 Å². The maximum atomic E-state index is 14.1. The monoisotopic (exact) mass is 576 g/mol. The summed E-state index contributed by atoms with van der Waals surface area (Å²) in [5.41, 5.74) is -2.80. The number of aromatic hydroxyl groups is 1. The largest absolute Gasteiger partial charge is 0.506 e. The molecule has 1 aromatic heterocycles. The zero-order chi connectivity index (χ0) is 26.4. The van der Waals surface area contributed by atoms with Crippen molar-refractivity contribution in [2.45, 2.75) is 19.1 Å². The molecule has 3 aromatic rings. The number of nitrogens with zero attached hydrogens (tertiary/aromatic N) is 2. The molecular weight excluding hydrogens is 564 g/mol. The second-order valence-corrected chi connectivity index (χ2v) is 9.73. The standard InChI is InChI=1S/C23H14Cl3F3N2O4S/c1-2-35-21(34)16-17(10-3-5-12(24)6-4-10)31-20(33)15(36-22(31)30-19(16)23(27,28)29)8-11-7-13(25)9-14(26)18(11)32/h3-9,17,32H,2H2,1H3/b15-8-/t17-/m0/s1. The first kappa shape index (κ1) is 26.3. The lowest BCUT2D eigenvalue weighted by Gasteiger charge is -2.26. The molecule has 0 saturated carbocycles. The van der Waals surface area contributed by atoms with Gasteiger partial charge >= 0.3 is 12.1 Å². The van der Waals surface area contributed by atoms with Crippen LogP contribution in [0.3, 0.4) is 0 Å². The van der Waals surface area contributed by atoms with Crippen molar-refractivity contribution in [2.24, 2.45) is 4.99 Å². The first-order valence-corrected chi connectivity index (χ1v) is 12.1. The van der Waals surface area contributed by atoms with Crippen LogP contribution in [0.1, 0.15) is 24.1 Å². The van der Waals surface area contributed by atoms with E-state index in [-0.39, 0.29) is 42.9 Å². The quantitative estimate of drug-likeness (QED) is 0.443. The lowest BCUT2D eigenvalue weighted by molar-refractivity contribution is -0.140. The highest BCUT2D eigenvalue weighted by Crippen LogP contribution is 2.38. The molecule has 2 aromatic carbocycles. The van der Waals surface area contributed by atoms with E-state index >= 15 is 0 Å². The third-order valence-corrected chi connectivity index (χ3v) is 6.87. The van der Waals surface area contributed by atoms with E-state index < -0.39 is 35.0 Å². The van der Waals surface area contributed by atoms with E-state index in [4.69, 9.17) is 39.5 Å². The van der Waals surface area contributed by atoms with Crippen LogP contribution < -0.4 is 14.9 Å². The average Bonchev–Trinajstić information content (AvgIpc) is 3.11. The molecule has 36 heavy (non-hydrogen) atoms. The molecule has 0 fully saturated rings. The summed E-state index contributed by atoms with van der Waals surface area (Å²) in [6.07, 6.45) is -3.79. The third kappa shape index (κ3) is 4.90. The van der Waals surface area contributed by atoms with Gasteiger partial charge in [0, 0.05) is 15.6 Å². The summed E-state index contributed by atoms with van der Waals surface area (Å²) in [7, 11) is 0. The van der Waals surface area contributed by atoms with Crippen LogP contribution in [0.4, 0.5) is 13.2 Å². The van der Waals surface area contributed by atoms with Crippen LogP contribution in [-0.2, 0) is 9.53 Å². The number of rotatable bonds is 4. The van der Waals surface area contributed by atoms with Gasteiger partial charge in [0.15, 0.2) is 10.5 Å². The summed E-state index contributed by atoms with van der Waals surface area (Å²) >= 11 is 18.5. The number of aromatic nitrogens is 1. The third-order valence-electron chi connectivity index (χ3n) is 5.12. The minimum atomic E-state index is -5.03. The Balaban J connectivity index is 2.07. The highest BCUT2D eigenvalue weighted by atomic mass is 35.5. The van der Waals surface area contributed by atoms with Gasteiger partial charge in [-0.2, -0.15) is 13.2 Å². The minimum absolute atomic E-state index is 0.0708. The smallest absolute Gasteiger partial charge is 0.434 e. The topological polar surface area (TPSA) is 80.9 Å².